The van der Waals surface area contributed by atoms with E-state index in [0.717, 1.165) is 4.90 Å². The Balaban J connectivity index is 2.57. The van der Waals surface area contributed by atoms with Crippen molar-refractivity contribution in [3.8, 4) is 0 Å². The molecule has 1 aromatic carbocycles. The zero-order chi connectivity index (χ0) is 16.5. The second kappa shape index (κ2) is 5.79. The lowest BCUT2D eigenvalue weighted by Gasteiger charge is -2.29. The first kappa shape index (κ1) is 16.6. The molecule has 0 spiro atoms. The number of carbonyl (C=O) groups excluding carboxylic acids is 1. The predicted octanol–water partition coefficient (Wildman–Crippen LogP) is 3.20. The lowest BCUT2D eigenvalue weighted by Crippen LogP contribution is -2.42. The molecule has 0 atom stereocenters. The largest absolute Gasteiger partial charge is 0.417 e. The fraction of sp³-hybridized carbons (Fsp3) is 0.462. The third-order valence-electron chi connectivity index (χ3n) is 3.19. The number of halogens is 6. The summed E-state index contributed by atoms with van der Waals surface area (Å²) >= 11 is 0. The minimum atomic E-state index is -5.06. The van der Waals surface area contributed by atoms with E-state index in [0.29, 0.717) is 18.2 Å². The van der Waals surface area contributed by atoms with Crippen LogP contribution in [0.15, 0.2) is 18.2 Å². The Kier molecular flexibility index (Phi) is 4.37. The van der Waals surface area contributed by atoms with Crippen LogP contribution in [0, 0.1) is 0 Å². The van der Waals surface area contributed by atoms with Crippen LogP contribution in [-0.2, 0) is 17.1 Å². The van der Waals surface area contributed by atoms with E-state index in [1.54, 1.807) is 0 Å². The van der Waals surface area contributed by atoms with Gasteiger partial charge in [0.15, 0.2) is 0 Å². The van der Waals surface area contributed by atoms with E-state index >= 15 is 0 Å². The maximum atomic E-state index is 13.0. The summed E-state index contributed by atoms with van der Waals surface area (Å²) in [7, 11) is 0. The molecule has 1 heterocycles. The van der Waals surface area contributed by atoms with Crippen LogP contribution in [-0.4, -0.2) is 37.1 Å². The Morgan fingerprint density at radius 1 is 0.955 bits per heavy atom. The van der Waals surface area contributed by atoms with Crippen LogP contribution in [0.1, 0.15) is 21.5 Å². The van der Waals surface area contributed by atoms with E-state index < -0.39 is 35.0 Å². The lowest BCUT2D eigenvalue weighted by atomic mass is 9.98. The molecule has 0 N–H and O–H groups in total. The second-order valence-electron chi connectivity index (χ2n) is 4.63. The molecule has 9 heteroatoms. The highest BCUT2D eigenvalue weighted by molar-refractivity contribution is 5.97. The number of amides is 1. The van der Waals surface area contributed by atoms with Crippen molar-refractivity contribution in [3.63, 3.8) is 0 Å². The zero-order valence-electron chi connectivity index (χ0n) is 11.1. The topological polar surface area (TPSA) is 29.5 Å². The van der Waals surface area contributed by atoms with Gasteiger partial charge >= 0.3 is 12.4 Å². The van der Waals surface area contributed by atoms with E-state index in [9.17, 15) is 31.1 Å². The molecule has 122 valence electrons. The van der Waals surface area contributed by atoms with E-state index in [2.05, 4.69) is 0 Å². The summed E-state index contributed by atoms with van der Waals surface area (Å²) in [5.41, 5.74) is -4.53. The zero-order valence-corrected chi connectivity index (χ0v) is 11.1. The molecular weight excluding hydrogens is 316 g/mol. The lowest BCUT2D eigenvalue weighted by molar-refractivity contribution is -0.143. The summed E-state index contributed by atoms with van der Waals surface area (Å²) < 4.78 is 82.8. The van der Waals surface area contributed by atoms with Crippen molar-refractivity contribution in [1.29, 1.82) is 0 Å². The van der Waals surface area contributed by atoms with Gasteiger partial charge in [-0.05, 0) is 12.1 Å². The quantitative estimate of drug-likeness (QED) is 0.742. The highest BCUT2D eigenvalue weighted by atomic mass is 19.4. The maximum absolute atomic E-state index is 13.0. The van der Waals surface area contributed by atoms with Crippen molar-refractivity contribution in [1.82, 2.24) is 4.90 Å². The molecule has 0 aromatic heterocycles. The summed E-state index contributed by atoms with van der Waals surface area (Å²) in [5, 5.41) is 0. The Morgan fingerprint density at radius 3 is 1.82 bits per heavy atom. The van der Waals surface area contributed by atoms with E-state index in [-0.39, 0.29) is 26.3 Å². The first-order valence-corrected chi connectivity index (χ1v) is 6.27. The third kappa shape index (κ3) is 3.34. The van der Waals surface area contributed by atoms with Crippen LogP contribution < -0.4 is 0 Å². The van der Waals surface area contributed by atoms with Gasteiger partial charge in [0.05, 0.1) is 29.9 Å². The van der Waals surface area contributed by atoms with Crippen LogP contribution in [0.5, 0.6) is 0 Å². The fourth-order valence-electron chi connectivity index (χ4n) is 2.18. The molecule has 2 rings (SSSR count). The smallest absolute Gasteiger partial charge is 0.378 e. The first-order chi connectivity index (χ1) is 10.1. The molecule has 22 heavy (non-hydrogen) atoms. The summed E-state index contributed by atoms with van der Waals surface area (Å²) in [5.74, 6) is -1.29. The molecule has 1 fully saturated rings. The van der Waals surface area contributed by atoms with Crippen molar-refractivity contribution < 1.29 is 35.9 Å². The number of hydrogen-bond acceptors (Lipinski definition) is 2. The number of carbonyl (C=O) groups is 1. The summed E-state index contributed by atoms with van der Waals surface area (Å²) in [6, 6.07) is 1.59. The third-order valence-corrected chi connectivity index (χ3v) is 3.19. The van der Waals surface area contributed by atoms with Crippen molar-refractivity contribution in [3.05, 3.63) is 34.9 Å². The van der Waals surface area contributed by atoms with Gasteiger partial charge < -0.3 is 9.64 Å². The summed E-state index contributed by atoms with van der Waals surface area (Å²) in [4.78, 5) is 13.1. The summed E-state index contributed by atoms with van der Waals surface area (Å²) in [6.45, 7) is 0.0349. The van der Waals surface area contributed by atoms with Gasteiger partial charge in [-0.2, -0.15) is 26.3 Å². The van der Waals surface area contributed by atoms with Gasteiger partial charge in [-0.25, -0.2) is 0 Å². The van der Waals surface area contributed by atoms with Gasteiger partial charge in [-0.3, -0.25) is 4.79 Å². The Hall–Kier alpha value is -1.77. The predicted molar refractivity (Wildman–Crippen MR) is 63.2 cm³/mol. The van der Waals surface area contributed by atoms with Crippen LogP contribution >= 0.6 is 0 Å². The number of ether oxygens (including phenoxy) is 1. The molecule has 0 saturated carbocycles. The molecule has 1 aromatic rings. The van der Waals surface area contributed by atoms with Gasteiger partial charge in [0.1, 0.15) is 0 Å². The molecule has 1 aliphatic rings. The second-order valence-corrected chi connectivity index (χ2v) is 4.63. The molecule has 0 unspecified atom stereocenters. The molecular formula is C13H11F6NO2. The van der Waals surface area contributed by atoms with Crippen LogP contribution in [0.2, 0.25) is 0 Å². The standard InChI is InChI=1S/C13H11F6NO2/c14-12(15,16)8-2-1-3-9(13(17,18)19)10(8)11(21)20-4-6-22-7-5-20/h1-3H,4-7H2. The minimum Gasteiger partial charge on any atom is -0.378 e. The van der Waals surface area contributed by atoms with Crippen molar-refractivity contribution in [2.45, 2.75) is 12.4 Å². The van der Waals surface area contributed by atoms with E-state index in [1.165, 1.54) is 0 Å². The SMILES string of the molecule is O=C(c1c(C(F)(F)F)cccc1C(F)(F)F)N1CCOCC1. The average molecular weight is 327 g/mol. The fourth-order valence-corrected chi connectivity index (χ4v) is 2.18. The average Bonchev–Trinajstić information content (AvgIpc) is 2.45. The van der Waals surface area contributed by atoms with E-state index in [1.807, 2.05) is 0 Å². The monoisotopic (exact) mass is 327 g/mol. The highest BCUT2D eigenvalue weighted by Crippen LogP contribution is 2.39. The number of benzene rings is 1. The van der Waals surface area contributed by atoms with Crippen molar-refractivity contribution in [2.24, 2.45) is 0 Å². The Morgan fingerprint density at radius 2 is 1.41 bits per heavy atom. The molecule has 0 radical (unpaired) electrons. The molecule has 0 bridgehead atoms. The maximum Gasteiger partial charge on any atom is 0.417 e. The van der Waals surface area contributed by atoms with Crippen LogP contribution in [0.25, 0.3) is 0 Å². The number of rotatable bonds is 1. The van der Waals surface area contributed by atoms with Gasteiger partial charge in [0, 0.05) is 13.1 Å². The molecule has 0 aliphatic carbocycles. The van der Waals surface area contributed by atoms with Crippen LogP contribution in [0.4, 0.5) is 26.3 Å². The van der Waals surface area contributed by atoms with Gasteiger partial charge in [-0.1, -0.05) is 6.07 Å². The Labute approximate surface area is 121 Å². The molecule has 1 aliphatic heterocycles. The summed E-state index contributed by atoms with van der Waals surface area (Å²) in [6.07, 6.45) is -10.1. The number of hydrogen-bond donors (Lipinski definition) is 0. The number of nitrogens with zero attached hydrogens (tertiary/aromatic N) is 1. The molecule has 1 amide bonds. The van der Waals surface area contributed by atoms with Gasteiger partial charge in [0.25, 0.3) is 5.91 Å². The van der Waals surface area contributed by atoms with Gasteiger partial charge in [-0.15, -0.1) is 0 Å². The Bertz CT molecular complexity index is 528. The molecule has 3 nitrogen and oxygen atoms in total. The normalized spacial score (nSPS) is 16.7. The van der Waals surface area contributed by atoms with Crippen LogP contribution in [0.3, 0.4) is 0 Å². The first-order valence-electron chi connectivity index (χ1n) is 6.27. The van der Waals surface area contributed by atoms with Crippen molar-refractivity contribution >= 4 is 5.91 Å². The number of alkyl halides is 6. The van der Waals surface area contributed by atoms with Gasteiger partial charge in [0.2, 0.25) is 0 Å². The molecule has 1 saturated heterocycles. The minimum absolute atomic E-state index is 0.0533. The van der Waals surface area contributed by atoms with Crippen molar-refractivity contribution in [2.75, 3.05) is 26.3 Å². The number of morpholine rings is 1. The highest BCUT2D eigenvalue weighted by Gasteiger charge is 2.43. The van der Waals surface area contributed by atoms with E-state index in [4.69, 9.17) is 4.74 Å².